The van der Waals surface area contributed by atoms with Crippen molar-refractivity contribution in [3.8, 4) is 0 Å². The van der Waals surface area contributed by atoms with E-state index in [4.69, 9.17) is 5.11 Å². The number of hydrogen-bond acceptors (Lipinski definition) is 4. The minimum atomic E-state index is -0.972. The van der Waals surface area contributed by atoms with Crippen molar-refractivity contribution in [2.24, 2.45) is 0 Å². The summed E-state index contributed by atoms with van der Waals surface area (Å²) < 4.78 is 0. The van der Waals surface area contributed by atoms with Gasteiger partial charge in [0.1, 0.15) is 0 Å². The van der Waals surface area contributed by atoms with E-state index in [0.717, 1.165) is 36.6 Å². The van der Waals surface area contributed by atoms with Crippen LogP contribution in [0.2, 0.25) is 0 Å². The summed E-state index contributed by atoms with van der Waals surface area (Å²) in [5, 5.41) is 12.3. The zero-order chi connectivity index (χ0) is 11.3. The summed E-state index contributed by atoms with van der Waals surface area (Å²) in [5.41, 5.74) is 2.17. The number of nitrogens with zero attached hydrogens (tertiary/aromatic N) is 2. The molecule has 1 saturated heterocycles. The van der Waals surface area contributed by atoms with Crippen molar-refractivity contribution in [1.82, 2.24) is 4.98 Å². The number of nitrogens with one attached hydrogen (secondary N) is 1. The Morgan fingerprint density at radius 1 is 1.69 bits per heavy atom. The van der Waals surface area contributed by atoms with Crippen LogP contribution in [0.4, 0.5) is 11.5 Å². The van der Waals surface area contributed by atoms with Crippen LogP contribution in [-0.4, -0.2) is 35.2 Å². The van der Waals surface area contributed by atoms with Gasteiger partial charge in [-0.3, -0.25) is 0 Å². The van der Waals surface area contributed by atoms with Gasteiger partial charge >= 0.3 is 5.97 Å². The van der Waals surface area contributed by atoms with Crippen LogP contribution < -0.4 is 10.2 Å². The zero-order valence-electron chi connectivity index (χ0n) is 9.03. The summed E-state index contributed by atoms with van der Waals surface area (Å²) in [7, 11) is 0. The zero-order valence-corrected chi connectivity index (χ0v) is 9.03. The number of rotatable bonds is 1. The molecule has 2 N–H and O–H groups in total. The first-order valence-electron chi connectivity index (χ1n) is 5.41. The summed E-state index contributed by atoms with van der Waals surface area (Å²) in [5.74, 6) is -0.244. The molecule has 2 aliphatic rings. The third-order valence-electron chi connectivity index (χ3n) is 3.25. The highest BCUT2D eigenvalue weighted by Gasteiger charge is 2.32. The maximum absolute atomic E-state index is 10.9. The average Bonchev–Trinajstić information content (AvgIpc) is 2.59. The lowest BCUT2D eigenvalue weighted by molar-refractivity contribution is 0.0690. The molecular formula is C11H13N3O2. The Kier molecular flexibility index (Phi) is 1.83. The monoisotopic (exact) mass is 219 g/mol. The molecule has 0 amide bonds. The molecule has 0 radical (unpaired) electrons. The van der Waals surface area contributed by atoms with Crippen molar-refractivity contribution in [3.05, 3.63) is 17.3 Å². The van der Waals surface area contributed by atoms with Crippen molar-refractivity contribution < 1.29 is 9.90 Å². The molecule has 3 rings (SSSR count). The third kappa shape index (κ3) is 1.24. The smallest absolute Gasteiger partial charge is 0.354 e. The van der Waals surface area contributed by atoms with E-state index in [0.29, 0.717) is 6.04 Å². The second kappa shape index (κ2) is 3.10. The lowest BCUT2D eigenvalue weighted by Crippen LogP contribution is -2.33. The van der Waals surface area contributed by atoms with Crippen molar-refractivity contribution >= 4 is 17.5 Å². The van der Waals surface area contributed by atoms with E-state index in [1.54, 1.807) is 6.07 Å². The largest absolute Gasteiger partial charge is 0.477 e. The number of hydrogen-bond donors (Lipinski definition) is 2. The molecule has 1 fully saturated rings. The molecule has 5 heteroatoms. The maximum atomic E-state index is 10.9. The topological polar surface area (TPSA) is 65.5 Å². The van der Waals surface area contributed by atoms with Gasteiger partial charge in [-0.15, -0.1) is 0 Å². The Morgan fingerprint density at radius 2 is 2.50 bits per heavy atom. The molecule has 84 valence electrons. The Morgan fingerprint density at radius 3 is 3.25 bits per heavy atom. The van der Waals surface area contributed by atoms with Crippen LogP contribution in [-0.2, 0) is 0 Å². The molecule has 0 unspecified atom stereocenters. The van der Waals surface area contributed by atoms with Crippen LogP contribution in [0, 0.1) is 6.92 Å². The molecule has 0 saturated carbocycles. The molecular weight excluding hydrogens is 206 g/mol. The number of anilines is 2. The Labute approximate surface area is 93.1 Å². The lowest BCUT2D eigenvalue weighted by atomic mass is 10.1. The number of carboxylic acid groups (broad SMARTS) is 1. The molecule has 1 aromatic heterocycles. The molecule has 2 aliphatic heterocycles. The van der Waals surface area contributed by atoms with Gasteiger partial charge in [0.2, 0.25) is 0 Å². The van der Waals surface area contributed by atoms with Crippen molar-refractivity contribution in [1.29, 1.82) is 0 Å². The second-order valence-electron chi connectivity index (χ2n) is 4.40. The normalized spacial score (nSPS) is 21.6. The minimum Gasteiger partial charge on any atom is -0.477 e. The van der Waals surface area contributed by atoms with E-state index < -0.39 is 5.97 Å². The highest BCUT2D eigenvalue weighted by Crippen LogP contribution is 2.36. The molecule has 5 nitrogen and oxygen atoms in total. The van der Waals surface area contributed by atoms with Gasteiger partial charge in [0.15, 0.2) is 11.5 Å². The molecule has 2 bridgehead atoms. The summed E-state index contributed by atoms with van der Waals surface area (Å²) in [6.07, 6.45) is 1.10. The maximum Gasteiger partial charge on any atom is 0.354 e. The van der Waals surface area contributed by atoms with Gasteiger partial charge in [-0.1, -0.05) is 0 Å². The standard InChI is InChI=1S/C11H13N3O2/c1-6-4-8(11(15)16)13-10-9(6)14-3-2-7(5-14)12-10/h4,7H,2-3,5H2,1H3,(H,12,13)(H,15,16)/t7-/m0/s1. The highest BCUT2D eigenvalue weighted by molar-refractivity contribution is 5.88. The average molecular weight is 219 g/mol. The van der Waals surface area contributed by atoms with Crippen LogP contribution in [0.3, 0.4) is 0 Å². The molecule has 3 heterocycles. The van der Waals surface area contributed by atoms with Gasteiger partial charge in [-0.2, -0.15) is 0 Å². The summed E-state index contributed by atoms with van der Waals surface area (Å²) in [6, 6.07) is 2.06. The van der Waals surface area contributed by atoms with Crippen molar-refractivity contribution in [2.75, 3.05) is 23.3 Å². The Hall–Kier alpha value is -1.78. The Bertz CT molecular complexity index is 473. The van der Waals surface area contributed by atoms with Gasteiger partial charge in [0.05, 0.1) is 5.69 Å². The van der Waals surface area contributed by atoms with Gasteiger partial charge in [-0.05, 0) is 25.0 Å². The Balaban J connectivity index is 2.14. The minimum absolute atomic E-state index is 0.117. The van der Waals surface area contributed by atoms with E-state index in [-0.39, 0.29) is 5.69 Å². The fourth-order valence-electron chi connectivity index (χ4n) is 2.55. The van der Waals surface area contributed by atoms with Crippen LogP contribution in [0.1, 0.15) is 22.5 Å². The molecule has 0 aliphatic carbocycles. The van der Waals surface area contributed by atoms with Gasteiger partial charge in [-0.25, -0.2) is 9.78 Å². The van der Waals surface area contributed by atoms with E-state index in [2.05, 4.69) is 15.2 Å². The number of carboxylic acids is 1. The first-order valence-corrected chi connectivity index (χ1v) is 5.41. The molecule has 1 aromatic rings. The number of aryl methyl sites for hydroxylation is 1. The molecule has 1 atom stereocenters. The lowest BCUT2D eigenvalue weighted by Gasteiger charge is -2.29. The first-order chi connectivity index (χ1) is 7.65. The molecule has 0 aromatic carbocycles. The number of aromatic nitrogens is 1. The molecule has 16 heavy (non-hydrogen) atoms. The summed E-state index contributed by atoms with van der Waals surface area (Å²) in [4.78, 5) is 17.4. The molecule has 0 spiro atoms. The van der Waals surface area contributed by atoms with E-state index in [1.807, 2.05) is 6.92 Å². The van der Waals surface area contributed by atoms with E-state index in [1.165, 1.54) is 0 Å². The van der Waals surface area contributed by atoms with Crippen LogP contribution in [0.5, 0.6) is 0 Å². The predicted octanol–water partition coefficient (Wildman–Crippen LogP) is 1.09. The number of pyridine rings is 1. The van der Waals surface area contributed by atoms with Crippen LogP contribution in [0.15, 0.2) is 6.07 Å². The number of aromatic carboxylic acids is 1. The van der Waals surface area contributed by atoms with Crippen LogP contribution in [0.25, 0.3) is 0 Å². The van der Waals surface area contributed by atoms with E-state index >= 15 is 0 Å². The number of carbonyl (C=O) groups is 1. The van der Waals surface area contributed by atoms with Gasteiger partial charge in [0, 0.05) is 19.1 Å². The van der Waals surface area contributed by atoms with Crippen molar-refractivity contribution in [3.63, 3.8) is 0 Å². The van der Waals surface area contributed by atoms with Gasteiger partial charge < -0.3 is 15.3 Å². The quantitative estimate of drug-likeness (QED) is 0.740. The second-order valence-corrected chi connectivity index (χ2v) is 4.40. The number of fused-ring (bicyclic) bond motifs is 4. The predicted molar refractivity (Wildman–Crippen MR) is 60.2 cm³/mol. The fourth-order valence-corrected chi connectivity index (χ4v) is 2.55. The summed E-state index contributed by atoms with van der Waals surface area (Å²) >= 11 is 0. The fraction of sp³-hybridized carbons (Fsp3) is 0.455. The van der Waals surface area contributed by atoms with Gasteiger partial charge in [0.25, 0.3) is 0 Å². The van der Waals surface area contributed by atoms with Crippen molar-refractivity contribution in [2.45, 2.75) is 19.4 Å². The third-order valence-corrected chi connectivity index (χ3v) is 3.25. The first kappa shape index (κ1) is 9.45. The van der Waals surface area contributed by atoms with E-state index in [9.17, 15) is 4.79 Å². The highest BCUT2D eigenvalue weighted by atomic mass is 16.4. The SMILES string of the molecule is Cc1cc(C(=O)O)nc2c1N1CC[C@@H](C1)N2. The summed E-state index contributed by atoms with van der Waals surface area (Å²) in [6.45, 7) is 3.97. The van der Waals surface area contributed by atoms with Crippen LogP contribution >= 0.6 is 0 Å².